The highest BCUT2D eigenvalue weighted by Gasteiger charge is 2.33. The number of piperazine rings is 1. The van der Waals surface area contributed by atoms with Crippen molar-refractivity contribution in [1.29, 1.82) is 0 Å². The van der Waals surface area contributed by atoms with Crippen molar-refractivity contribution in [2.75, 3.05) is 32.8 Å². The van der Waals surface area contributed by atoms with Crippen molar-refractivity contribution in [3.63, 3.8) is 0 Å². The summed E-state index contributed by atoms with van der Waals surface area (Å²) in [5, 5.41) is 0. The van der Waals surface area contributed by atoms with Gasteiger partial charge in [-0.25, -0.2) is 0 Å². The van der Waals surface area contributed by atoms with Crippen LogP contribution in [0.15, 0.2) is 0 Å². The third-order valence-electron chi connectivity index (χ3n) is 4.70. The van der Waals surface area contributed by atoms with E-state index in [2.05, 4.69) is 4.90 Å². The molecule has 0 aliphatic carbocycles. The lowest BCUT2D eigenvalue weighted by molar-refractivity contribution is -0.137. The summed E-state index contributed by atoms with van der Waals surface area (Å²) in [5.74, 6) is 0.217. The minimum Gasteiger partial charge on any atom is -0.392 e. The van der Waals surface area contributed by atoms with E-state index in [1.165, 1.54) is 6.42 Å². The van der Waals surface area contributed by atoms with Crippen LogP contribution in [0.4, 0.5) is 0 Å². The van der Waals surface area contributed by atoms with Crippen LogP contribution in [0, 0.1) is 0 Å². The zero-order chi connectivity index (χ0) is 15.5. The van der Waals surface area contributed by atoms with E-state index in [1.54, 1.807) is 0 Å². The molecular weight excluding hydrogens is 286 g/mol. The first-order valence-corrected chi connectivity index (χ1v) is 8.26. The van der Waals surface area contributed by atoms with Crippen molar-refractivity contribution in [3.8, 4) is 0 Å². The largest absolute Gasteiger partial charge is 0.392 e. The number of hydrogen-bond donors (Lipinski definition) is 1. The Morgan fingerprint density at radius 3 is 2.48 bits per heavy atom. The van der Waals surface area contributed by atoms with Crippen LogP contribution in [-0.4, -0.2) is 65.1 Å². The number of carbonyl (C=O) groups excluding carboxylic acids is 1. The highest BCUT2D eigenvalue weighted by atomic mass is 32.1. The molecule has 21 heavy (non-hydrogen) atoms. The lowest BCUT2D eigenvalue weighted by Gasteiger charge is -2.43. The predicted molar refractivity (Wildman–Crippen MR) is 87.2 cm³/mol. The second-order valence-electron chi connectivity index (χ2n) is 6.48. The van der Waals surface area contributed by atoms with Gasteiger partial charge in [0, 0.05) is 32.8 Å². The minimum absolute atomic E-state index is 0.123. The van der Waals surface area contributed by atoms with Crippen molar-refractivity contribution in [2.24, 2.45) is 5.73 Å². The van der Waals surface area contributed by atoms with Gasteiger partial charge in [-0.3, -0.25) is 9.69 Å². The lowest BCUT2D eigenvalue weighted by Crippen LogP contribution is -2.60. The monoisotopic (exact) mass is 313 g/mol. The summed E-state index contributed by atoms with van der Waals surface area (Å²) < 4.78 is 5.65. The molecule has 6 heteroatoms. The van der Waals surface area contributed by atoms with Gasteiger partial charge in [0.2, 0.25) is 5.91 Å². The van der Waals surface area contributed by atoms with Crippen molar-refractivity contribution >= 4 is 23.1 Å². The lowest BCUT2D eigenvalue weighted by atomic mass is 10.0. The Labute approximate surface area is 132 Å². The molecule has 0 bridgehead atoms. The van der Waals surface area contributed by atoms with Crippen LogP contribution in [-0.2, 0) is 9.53 Å². The fourth-order valence-electron chi connectivity index (χ4n) is 2.96. The summed E-state index contributed by atoms with van der Waals surface area (Å²) in [4.78, 5) is 17.1. The smallest absolute Gasteiger partial charge is 0.225 e. The molecule has 0 radical (unpaired) electrons. The fraction of sp³-hybridized carbons (Fsp3) is 0.867. The second-order valence-corrected chi connectivity index (χ2v) is 6.92. The number of carbonyl (C=O) groups is 1. The van der Waals surface area contributed by atoms with Gasteiger partial charge in [0.25, 0.3) is 0 Å². The van der Waals surface area contributed by atoms with Gasteiger partial charge in [0.1, 0.15) is 0 Å². The first kappa shape index (κ1) is 16.6. The molecule has 1 unspecified atom stereocenters. The molecule has 2 fully saturated rings. The second kappa shape index (κ2) is 7.03. The number of ether oxygens (including phenoxy) is 1. The maximum absolute atomic E-state index is 12.3. The molecule has 2 aliphatic heterocycles. The van der Waals surface area contributed by atoms with Crippen LogP contribution in [0.1, 0.15) is 39.5 Å². The third kappa shape index (κ3) is 4.14. The summed E-state index contributed by atoms with van der Waals surface area (Å²) in [6, 6.07) is 0. The maximum atomic E-state index is 12.3. The summed E-state index contributed by atoms with van der Waals surface area (Å²) in [5.41, 5.74) is 5.53. The van der Waals surface area contributed by atoms with Gasteiger partial charge < -0.3 is 15.4 Å². The topological polar surface area (TPSA) is 58.8 Å². The molecule has 0 saturated carbocycles. The molecule has 2 heterocycles. The van der Waals surface area contributed by atoms with Gasteiger partial charge in [0.15, 0.2) is 0 Å². The average Bonchev–Trinajstić information content (AvgIpc) is 2.48. The van der Waals surface area contributed by atoms with Crippen molar-refractivity contribution in [1.82, 2.24) is 9.80 Å². The van der Waals surface area contributed by atoms with E-state index in [0.29, 0.717) is 11.4 Å². The average molecular weight is 313 g/mol. The van der Waals surface area contributed by atoms with Crippen LogP contribution in [0.2, 0.25) is 0 Å². The number of rotatable bonds is 4. The number of nitrogens with zero attached hydrogens (tertiary/aromatic N) is 2. The Morgan fingerprint density at radius 2 is 1.95 bits per heavy atom. The molecule has 2 saturated heterocycles. The van der Waals surface area contributed by atoms with Gasteiger partial charge in [0.05, 0.1) is 23.1 Å². The molecule has 0 aromatic rings. The van der Waals surface area contributed by atoms with Crippen LogP contribution in [0.5, 0.6) is 0 Å². The van der Waals surface area contributed by atoms with E-state index in [1.807, 2.05) is 18.7 Å². The first-order valence-electron chi connectivity index (χ1n) is 7.85. The molecule has 0 spiro atoms. The summed E-state index contributed by atoms with van der Waals surface area (Å²) in [6.07, 6.45) is 3.96. The van der Waals surface area contributed by atoms with E-state index in [-0.39, 0.29) is 17.6 Å². The van der Waals surface area contributed by atoms with Crippen molar-refractivity contribution < 1.29 is 9.53 Å². The maximum Gasteiger partial charge on any atom is 0.225 e. The van der Waals surface area contributed by atoms with Gasteiger partial charge >= 0.3 is 0 Å². The Balaban J connectivity index is 1.80. The SMILES string of the molecule is CC(C)(C(N)=S)N1CCN(C(=O)CC2CCCCO2)CC1. The normalized spacial score (nSPS) is 24.9. The van der Waals surface area contributed by atoms with Crippen LogP contribution in [0.25, 0.3) is 0 Å². The molecule has 1 amide bonds. The molecule has 5 nitrogen and oxygen atoms in total. The fourth-order valence-corrected chi connectivity index (χ4v) is 3.09. The summed E-state index contributed by atoms with van der Waals surface area (Å²) in [7, 11) is 0. The van der Waals surface area contributed by atoms with Crippen molar-refractivity contribution in [2.45, 2.75) is 51.2 Å². The molecule has 1 atom stereocenters. The molecule has 120 valence electrons. The predicted octanol–water partition coefficient (Wildman–Crippen LogP) is 1.15. The molecule has 2 aliphatic rings. The van der Waals surface area contributed by atoms with E-state index >= 15 is 0 Å². The van der Waals surface area contributed by atoms with Crippen LogP contribution in [0.3, 0.4) is 0 Å². The van der Waals surface area contributed by atoms with E-state index in [4.69, 9.17) is 22.7 Å². The first-order chi connectivity index (χ1) is 9.91. The Morgan fingerprint density at radius 1 is 1.29 bits per heavy atom. The number of amides is 1. The molecule has 2 rings (SSSR count). The third-order valence-corrected chi connectivity index (χ3v) is 5.20. The minimum atomic E-state index is -0.281. The van der Waals surface area contributed by atoms with E-state index < -0.39 is 0 Å². The van der Waals surface area contributed by atoms with E-state index in [0.717, 1.165) is 45.6 Å². The standard InChI is InChI=1S/C15H27N3O2S/c1-15(2,14(16)21)18-8-6-17(7-9-18)13(19)11-12-5-3-4-10-20-12/h12H,3-11H2,1-2H3,(H2,16,21). The molecule has 0 aromatic heterocycles. The van der Waals surface area contributed by atoms with Crippen LogP contribution >= 0.6 is 12.2 Å². The highest BCUT2D eigenvalue weighted by Crippen LogP contribution is 2.20. The summed E-state index contributed by atoms with van der Waals surface area (Å²) >= 11 is 5.14. The molecule has 0 aromatic carbocycles. The highest BCUT2D eigenvalue weighted by molar-refractivity contribution is 7.80. The molecule has 2 N–H and O–H groups in total. The summed E-state index contributed by atoms with van der Waals surface area (Å²) in [6.45, 7) is 8.03. The quantitative estimate of drug-likeness (QED) is 0.789. The van der Waals surface area contributed by atoms with Gasteiger partial charge in [-0.2, -0.15) is 0 Å². The van der Waals surface area contributed by atoms with Crippen molar-refractivity contribution in [3.05, 3.63) is 0 Å². The molecular formula is C15H27N3O2S. The number of thiocarbonyl (C=S) groups is 1. The zero-order valence-electron chi connectivity index (χ0n) is 13.1. The van der Waals surface area contributed by atoms with Gasteiger partial charge in [-0.05, 0) is 33.1 Å². The Kier molecular flexibility index (Phi) is 5.57. The number of nitrogens with two attached hydrogens (primary N) is 1. The number of hydrogen-bond acceptors (Lipinski definition) is 4. The Hall–Kier alpha value is -0.720. The van der Waals surface area contributed by atoms with Crippen LogP contribution < -0.4 is 5.73 Å². The van der Waals surface area contributed by atoms with Gasteiger partial charge in [-0.15, -0.1) is 0 Å². The Bertz CT molecular complexity index is 386. The zero-order valence-corrected chi connectivity index (χ0v) is 14.0. The van der Waals surface area contributed by atoms with Gasteiger partial charge in [-0.1, -0.05) is 12.2 Å². The van der Waals surface area contributed by atoms with E-state index in [9.17, 15) is 4.79 Å².